The number of benzene rings is 2. The Morgan fingerprint density at radius 2 is 1.80 bits per heavy atom. The van der Waals surface area contributed by atoms with E-state index in [0.29, 0.717) is 43.3 Å². The number of β-amino-alcohol motifs (C(OH)–C–C–N with tert-alkyl or cyclic N) is 1. The lowest BCUT2D eigenvalue weighted by Gasteiger charge is -2.33. The average Bonchev–Trinajstić information content (AvgIpc) is 3.92. The normalized spacial score (nSPS) is 21.0. The van der Waals surface area contributed by atoms with Crippen molar-refractivity contribution in [2.24, 2.45) is 12.5 Å². The van der Waals surface area contributed by atoms with Crippen LogP contribution in [0.1, 0.15) is 36.9 Å². The first-order valence-corrected chi connectivity index (χ1v) is 16.6. The molecule has 1 amide bonds. The van der Waals surface area contributed by atoms with Gasteiger partial charge in [0.25, 0.3) is 6.43 Å². The quantitative estimate of drug-likeness (QED) is 0.241. The number of carbonyl (C=O) groups excluding carboxylic acids is 1. The molecule has 2 saturated heterocycles. The van der Waals surface area contributed by atoms with Gasteiger partial charge in [-0.2, -0.15) is 10.2 Å². The maximum atomic E-state index is 14.0. The Bertz CT molecular complexity index is 2040. The Hall–Kier alpha value is -4.85. The van der Waals surface area contributed by atoms with Gasteiger partial charge in [0, 0.05) is 68.2 Å². The van der Waals surface area contributed by atoms with Gasteiger partial charge in [-0.05, 0) is 67.3 Å². The first kappa shape index (κ1) is 31.4. The molecular weight excluding hydrogens is 628 g/mol. The van der Waals surface area contributed by atoms with Crippen molar-refractivity contribution in [3.8, 4) is 22.6 Å². The molecule has 0 radical (unpaired) electrons. The number of nitrogens with one attached hydrogen (secondary N) is 1. The van der Waals surface area contributed by atoms with Crippen molar-refractivity contribution in [3.05, 3.63) is 84.5 Å². The Labute approximate surface area is 281 Å². The van der Waals surface area contributed by atoms with Crippen LogP contribution in [0.3, 0.4) is 0 Å². The maximum Gasteiger partial charge on any atom is 0.280 e. The van der Waals surface area contributed by atoms with Crippen molar-refractivity contribution >= 4 is 28.1 Å². The summed E-state index contributed by atoms with van der Waals surface area (Å²) in [5.74, 6) is 0.797. The highest BCUT2D eigenvalue weighted by atomic mass is 19.3. The zero-order valence-corrected chi connectivity index (χ0v) is 27.1. The molecule has 3 aliphatic heterocycles. The number of nitrogens with zero attached hydrogens (tertiary/aromatic N) is 8. The van der Waals surface area contributed by atoms with E-state index in [0.717, 1.165) is 54.5 Å². The lowest BCUT2D eigenvalue weighted by Crippen LogP contribution is -2.46. The number of alkyl halides is 2. The second-order valence-corrected chi connectivity index (χ2v) is 13.3. The van der Waals surface area contributed by atoms with Crippen LogP contribution in [0.4, 0.5) is 14.5 Å². The third-order valence-corrected chi connectivity index (χ3v) is 10.3. The van der Waals surface area contributed by atoms with E-state index in [2.05, 4.69) is 53.3 Å². The molecule has 252 valence electrons. The maximum absolute atomic E-state index is 14.0. The third kappa shape index (κ3) is 5.91. The molecule has 0 aliphatic carbocycles. The van der Waals surface area contributed by atoms with Crippen molar-refractivity contribution in [1.29, 1.82) is 0 Å². The molecule has 1 spiro atoms. The summed E-state index contributed by atoms with van der Waals surface area (Å²) in [5, 5.41) is 23.7. The van der Waals surface area contributed by atoms with Gasteiger partial charge in [0.05, 0.1) is 10.9 Å². The Kier molecular flexibility index (Phi) is 8.05. The SMILES string of the molecule is Cn1cnc(-c2ccc(C3=CCN(C(O)CN4CC[C@]5(CCN(c6ccc7[nH]nc(-c8ccnc(C(F)F)c8)c7c6)C5=O)C4)CC3)cc2)n1. The lowest BCUT2D eigenvalue weighted by atomic mass is 9.85. The number of aromatic nitrogens is 6. The molecule has 49 heavy (non-hydrogen) atoms. The number of aromatic amines is 1. The second-order valence-electron chi connectivity index (χ2n) is 13.3. The fraction of sp³-hybridized carbons (Fsp3) is 0.361. The largest absolute Gasteiger partial charge is 0.377 e. The van der Waals surface area contributed by atoms with E-state index in [4.69, 9.17) is 0 Å². The van der Waals surface area contributed by atoms with E-state index in [1.54, 1.807) is 17.1 Å². The van der Waals surface area contributed by atoms with Crippen LogP contribution < -0.4 is 4.90 Å². The second kappa shape index (κ2) is 12.6. The zero-order chi connectivity index (χ0) is 33.7. The number of halogens is 2. The van der Waals surface area contributed by atoms with Gasteiger partial charge in [0.15, 0.2) is 5.82 Å². The van der Waals surface area contributed by atoms with Crippen LogP contribution in [-0.4, -0.2) is 96.3 Å². The minimum Gasteiger partial charge on any atom is -0.377 e. The number of hydrogen-bond donors (Lipinski definition) is 2. The molecule has 1 unspecified atom stereocenters. The fourth-order valence-corrected chi connectivity index (χ4v) is 7.53. The van der Waals surface area contributed by atoms with Crippen molar-refractivity contribution in [2.45, 2.75) is 31.9 Å². The van der Waals surface area contributed by atoms with Crippen LogP contribution >= 0.6 is 0 Å². The van der Waals surface area contributed by atoms with Crippen LogP contribution in [-0.2, 0) is 11.8 Å². The number of pyridine rings is 1. The van der Waals surface area contributed by atoms with Gasteiger partial charge in [0.1, 0.15) is 23.9 Å². The zero-order valence-electron chi connectivity index (χ0n) is 27.1. The molecule has 0 bridgehead atoms. The van der Waals surface area contributed by atoms with Crippen molar-refractivity contribution in [2.75, 3.05) is 44.2 Å². The van der Waals surface area contributed by atoms with Crippen LogP contribution in [0.15, 0.2) is 73.2 Å². The summed E-state index contributed by atoms with van der Waals surface area (Å²) in [4.78, 5) is 28.2. The molecule has 6 heterocycles. The minimum atomic E-state index is -2.68. The molecule has 2 fully saturated rings. The summed E-state index contributed by atoms with van der Waals surface area (Å²) in [7, 11) is 1.85. The van der Waals surface area contributed by atoms with E-state index in [9.17, 15) is 18.7 Å². The standard InChI is InChI=1S/C36H37F2N9O2/c1-44-22-40-34(43-44)25-4-2-23(3-5-25)24-9-14-46(15-10-24)31(48)20-45-16-11-36(21-45)12-17-47(35(36)49)27-6-7-29-28(19-27)32(42-41-29)26-8-13-39-30(18-26)33(37)38/h2-9,13,18-19,22,31,33,48H,10-12,14-17,20-21H2,1H3,(H,41,42)/t31?,36-/m0/s1. The summed E-state index contributed by atoms with van der Waals surface area (Å²) in [6.45, 7) is 3.86. The third-order valence-electron chi connectivity index (χ3n) is 10.3. The number of H-pyrrole nitrogens is 1. The summed E-state index contributed by atoms with van der Waals surface area (Å²) >= 11 is 0. The van der Waals surface area contributed by atoms with E-state index in [1.165, 1.54) is 23.4 Å². The molecule has 8 rings (SSSR count). The summed E-state index contributed by atoms with van der Waals surface area (Å²) in [5.41, 5.74) is 5.21. The predicted molar refractivity (Wildman–Crippen MR) is 181 cm³/mol. The Morgan fingerprint density at radius 3 is 2.55 bits per heavy atom. The van der Waals surface area contributed by atoms with Gasteiger partial charge in [-0.3, -0.25) is 29.4 Å². The number of anilines is 1. The highest BCUT2D eigenvalue weighted by Gasteiger charge is 2.51. The molecule has 13 heteroatoms. The smallest absolute Gasteiger partial charge is 0.280 e. The van der Waals surface area contributed by atoms with Gasteiger partial charge < -0.3 is 10.0 Å². The molecule has 0 saturated carbocycles. The molecule has 5 aromatic rings. The molecule has 2 N–H and O–H groups in total. The number of rotatable bonds is 8. The fourth-order valence-electron chi connectivity index (χ4n) is 7.53. The Balaban J connectivity index is 0.898. The first-order chi connectivity index (χ1) is 23.8. The number of amides is 1. The van der Waals surface area contributed by atoms with Gasteiger partial charge in [-0.1, -0.05) is 30.3 Å². The number of aliphatic hydroxyl groups is 1. The number of hydrogen-bond acceptors (Lipinski definition) is 8. The summed E-state index contributed by atoms with van der Waals surface area (Å²) < 4.78 is 28.3. The molecule has 11 nitrogen and oxygen atoms in total. The number of carbonyl (C=O) groups is 1. The van der Waals surface area contributed by atoms with Gasteiger partial charge in [-0.25, -0.2) is 13.8 Å². The predicted octanol–water partition coefficient (Wildman–Crippen LogP) is 4.89. The van der Waals surface area contributed by atoms with E-state index >= 15 is 0 Å². The van der Waals surface area contributed by atoms with Gasteiger partial charge >= 0.3 is 0 Å². The lowest BCUT2D eigenvalue weighted by molar-refractivity contribution is -0.125. The van der Waals surface area contributed by atoms with Crippen molar-refractivity contribution in [1.82, 2.24) is 39.7 Å². The van der Waals surface area contributed by atoms with Gasteiger partial charge in [0.2, 0.25) is 5.91 Å². The molecule has 3 aliphatic rings. The monoisotopic (exact) mass is 665 g/mol. The van der Waals surface area contributed by atoms with Crippen molar-refractivity contribution in [3.63, 3.8) is 0 Å². The minimum absolute atomic E-state index is 0.0909. The number of likely N-dealkylation sites (tertiary alicyclic amines) is 1. The first-order valence-electron chi connectivity index (χ1n) is 16.6. The molecular formula is C36H37F2N9O2. The highest BCUT2D eigenvalue weighted by molar-refractivity contribution is 6.03. The number of fused-ring (bicyclic) bond motifs is 1. The van der Waals surface area contributed by atoms with E-state index in [1.807, 2.05) is 42.3 Å². The van der Waals surface area contributed by atoms with Crippen LogP contribution in [0.5, 0.6) is 0 Å². The van der Waals surface area contributed by atoms with Crippen molar-refractivity contribution < 1.29 is 18.7 Å². The van der Waals surface area contributed by atoms with E-state index in [-0.39, 0.29) is 11.6 Å². The van der Waals surface area contributed by atoms with E-state index < -0.39 is 18.1 Å². The van der Waals surface area contributed by atoms with Crippen LogP contribution in [0.25, 0.3) is 39.1 Å². The molecule has 2 aromatic carbocycles. The van der Waals surface area contributed by atoms with Crippen LogP contribution in [0.2, 0.25) is 0 Å². The highest BCUT2D eigenvalue weighted by Crippen LogP contribution is 2.43. The number of aliphatic hydroxyl groups excluding tert-OH is 1. The van der Waals surface area contributed by atoms with Gasteiger partial charge in [-0.15, -0.1) is 0 Å². The average molecular weight is 666 g/mol. The summed E-state index contributed by atoms with van der Waals surface area (Å²) in [6.07, 6.45) is 4.26. The Morgan fingerprint density at radius 1 is 0.980 bits per heavy atom. The molecule has 3 aromatic heterocycles. The molecule has 2 atom stereocenters. The van der Waals surface area contributed by atoms with Crippen LogP contribution in [0, 0.1) is 5.41 Å². The topological polar surface area (TPSA) is 119 Å². The summed E-state index contributed by atoms with van der Waals surface area (Å²) in [6, 6.07) is 17.0. The number of aryl methyl sites for hydroxylation is 1.